The number of aromatic carboxylic acids is 8. The van der Waals surface area contributed by atoms with Crippen molar-refractivity contribution >= 4 is 47.8 Å². The zero-order valence-electron chi connectivity index (χ0n) is 26.3. The van der Waals surface area contributed by atoms with Crippen molar-refractivity contribution < 1.29 is 187 Å². The fourth-order valence-corrected chi connectivity index (χ4v) is 2.97. The number of halogens is 4. The largest absolute Gasteiger partial charge is 4.00 e. The summed E-state index contributed by atoms with van der Waals surface area (Å²) in [7, 11) is 0. The van der Waals surface area contributed by atoms with Crippen LogP contribution >= 0.6 is 0 Å². The maximum Gasteiger partial charge on any atom is 4.00 e. The Morgan fingerprint density at radius 1 is 0.218 bits per heavy atom. The van der Waals surface area contributed by atoms with Gasteiger partial charge in [-0.2, -0.15) is 0 Å². The predicted molar refractivity (Wildman–Crippen MR) is 140 cm³/mol. The number of carboxylic acid groups (broad SMARTS) is 8. The minimum absolute atomic E-state index is 0. The van der Waals surface area contributed by atoms with Crippen LogP contribution in [0.4, 0.5) is 0 Å². The number of carboxylic acids is 8. The smallest absolute Gasteiger partial charge is 1.00 e. The fourth-order valence-electron chi connectivity index (χ4n) is 2.97. The maximum atomic E-state index is 10.2. The molecule has 0 unspecified atom stereocenters. The number of rotatable bonds is 8. The molecular formula is C32H16Cl4O16Ru3. The summed E-state index contributed by atoms with van der Waals surface area (Å²) in [6.45, 7) is 0. The molecule has 0 saturated carbocycles. The first-order valence-corrected chi connectivity index (χ1v) is 12.6. The van der Waals surface area contributed by atoms with Crippen molar-refractivity contribution in [2.24, 2.45) is 0 Å². The minimum Gasteiger partial charge on any atom is -1.00 e. The summed E-state index contributed by atoms with van der Waals surface area (Å²) in [6, 6.07) is 18.5. The van der Waals surface area contributed by atoms with Gasteiger partial charge in [-0.1, -0.05) is 97.1 Å². The van der Waals surface area contributed by atoms with Crippen molar-refractivity contribution in [1.29, 1.82) is 0 Å². The second-order valence-electron chi connectivity index (χ2n) is 8.61. The molecule has 4 aromatic carbocycles. The molecule has 0 radical (unpaired) electrons. The van der Waals surface area contributed by atoms with Crippen molar-refractivity contribution in [2.45, 2.75) is 0 Å². The summed E-state index contributed by atoms with van der Waals surface area (Å²) in [5.74, 6) is -10.7. The Kier molecular flexibility index (Phi) is 39.4. The molecule has 0 aliphatic rings. The first-order chi connectivity index (χ1) is 22.4. The number of hydrogen-bond acceptors (Lipinski definition) is 16. The van der Waals surface area contributed by atoms with Crippen molar-refractivity contribution in [3.63, 3.8) is 0 Å². The Labute approximate surface area is 373 Å². The van der Waals surface area contributed by atoms with Gasteiger partial charge in [0.25, 0.3) is 0 Å². The monoisotopic (exact) mass is 1100 g/mol. The van der Waals surface area contributed by atoms with Crippen LogP contribution in [0.5, 0.6) is 0 Å². The van der Waals surface area contributed by atoms with Crippen molar-refractivity contribution in [3.8, 4) is 0 Å². The Hall–Kier alpha value is -4.33. The molecule has 0 bridgehead atoms. The van der Waals surface area contributed by atoms with E-state index in [1.165, 1.54) is 0 Å². The number of hydrogen-bond donors (Lipinski definition) is 0. The van der Waals surface area contributed by atoms with E-state index in [0.717, 1.165) is 97.1 Å². The van der Waals surface area contributed by atoms with Crippen molar-refractivity contribution in [2.75, 3.05) is 0 Å². The van der Waals surface area contributed by atoms with Gasteiger partial charge in [-0.25, -0.2) is 0 Å². The summed E-state index contributed by atoms with van der Waals surface area (Å²) in [4.78, 5) is 81.7. The fraction of sp³-hybridized carbons (Fsp3) is 0. The number of carbonyl (C=O) groups excluding carboxylic acids is 8. The topological polar surface area (TPSA) is 321 Å². The van der Waals surface area contributed by atoms with Crippen LogP contribution in [0, 0.1) is 0 Å². The van der Waals surface area contributed by atoms with Gasteiger partial charge in [-0.3, -0.25) is 0 Å². The molecule has 0 atom stereocenters. The minimum atomic E-state index is -1.33. The zero-order valence-corrected chi connectivity index (χ0v) is 34.6. The van der Waals surface area contributed by atoms with Crippen LogP contribution in [-0.4, -0.2) is 47.8 Å². The average Bonchev–Trinajstić information content (AvgIpc) is 3.05. The summed E-state index contributed by atoms with van der Waals surface area (Å²) < 4.78 is 0. The molecular weight excluding hydrogens is 1090 g/mol. The van der Waals surface area contributed by atoms with Gasteiger partial charge in [-0.15, -0.1) is 0 Å². The molecule has 0 N–H and O–H groups in total. The summed E-state index contributed by atoms with van der Waals surface area (Å²) >= 11 is 0. The molecule has 0 aliphatic carbocycles. The van der Waals surface area contributed by atoms with E-state index in [0.29, 0.717) is 0 Å². The Morgan fingerprint density at radius 2 is 0.273 bits per heavy atom. The molecule has 292 valence electrons. The van der Waals surface area contributed by atoms with Gasteiger partial charge >= 0.3 is 58.4 Å². The third-order valence-electron chi connectivity index (χ3n) is 5.43. The number of benzene rings is 4. The van der Waals surface area contributed by atoms with E-state index in [4.69, 9.17) is 0 Å². The number of carbonyl (C=O) groups is 8. The summed E-state index contributed by atoms with van der Waals surface area (Å²) in [6.07, 6.45) is 0. The molecule has 23 heteroatoms. The summed E-state index contributed by atoms with van der Waals surface area (Å²) in [5.41, 5.74) is -0.444. The first kappa shape index (κ1) is 65.6. The van der Waals surface area contributed by atoms with Crippen LogP contribution in [0.25, 0.3) is 0 Å². The molecule has 16 nitrogen and oxygen atoms in total. The molecule has 0 aromatic heterocycles. The molecule has 0 spiro atoms. The second kappa shape index (κ2) is 33.0. The van der Waals surface area contributed by atoms with Crippen LogP contribution in [-0.2, 0) is 58.4 Å². The quantitative estimate of drug-likeness (QED) is 0.148. The standard InChI is InChI=1S/4C8H6O4.4ClH.3Ru/c4*9-7(10)5-1-2-6(4-3-5)8(11)12;;;;;;;/h4*1-4H,(H,9,10)(H,11,12);4*1H;;;/q;;;;;;;;3*+4/p-12. The van der Waals surface area contributed by atoms with E-state index in [9.17, 15) is 79.2 Å². The average molecular weight is 1100 g/mol. The molecule has 4 aromatic rings. The van der Waals surface area contributed by atoms with Gasteiger partial charge < -0.3 is 129 Å². The Balaban J connectivity index is -0.000000107. The molecule has 55 heavy (non-hydrogen) atoms. The van der Waals surface area contributed by atoms with Crippen LogP contribution in [0.1, 0.15) is 82.9 Å². The van der Waals surface area contributed by atoms with Gasteiger partial charge in [0.1, 0.15) is 0 Å². The van der Waals surface area contributed by atoms with E-state index >= 15 is 0 Å². The molecule has 0 fully saturated rings. The van der Waals surface area contributed by atoms with E-state index in [2.05, 4.69) is 0 Å². The third-order valence-corrected chi connectivity index (χ3v) is 5.43. The Bertz CT molecular complexity index is 1420. The van der Waals surface area contributed by atoms with Gasteiger partial charge in [0.05, 0.1) is 47.8 Å². The normalized spacial score (nSPS) is 8.15. The van der Waals surface area contributed by atoms with Crippen LogP contribution < -0.4 is 90.5 Å². The molecule has 0 heterocycles. The van der Waals surface area contributed by atoms with Crippen LogP contribution in [0.2, 0.25) is 0 Å². The second-order valence-corrected chi connectivity index (χ2v) is 8.61. The van der Waals surface area contributed by atoms with E-state index in [-0.39, 0.29) is 153 Å². The van der Waals surface area contributed by atoms with E-state index in [1.54, 1.807) is 0 Å². The van der Waals surface area contributed by atoms with Crippen LogP contribution in [0.3, 0.4) is 0 Å². The molecule has 4 rings (SSSR count). The van der Waals surface area contributed by atoms with E-state index < -0.39 is 47.8 Å². The maximum absolute atomic E-state index is 10.2. The van der Waals surface area contributed by atoms with Crippen molar-refractivity contribution in [1.82, 2.24) is 0 Å². The van der Waals surface area contributed by atoms with Crippen molar-refractivity contribution in [3.05, 3.63) is 142 Å². The molecule has 0 saturated heterocycles. The molecule has 0 amide bonds. The van der Waals surface area contributed by atoms with Crippen LogP contribution in [0.15, 0.2) is 97.1 Å². The van der Waals surface area contributed by atoms with Gasteiger partial charge in [0, 0.05) is 0 Å². The van der Waals surface area contributed by atoms with Gasteiger partial charge in [-0.05, 0) is 44.5 Å². The zero-order chi connectivity index (χ0) is 36.6. The summed E-state index contributed by atoms with van der Waals surface area (Å²) in [5, 5.41) is 81.7. The van der Waals surface area contributed by atoms with Gasteiger partial charge in [0.15, 0.2) is 0 Å². The SMILES string of the molecule is O=C([O-])c1ccc(C(=O)[O-])cc1.O=C([O-])c1ccc(C(=O)[O-])cc1.O=C([O-])c1ccc(C(=O)[O-])cc1.O=C([O-])c1ccc(C(=O)[O-])cc1.[Cl-].[Cl-].[Cl-].[Cl-].[Ru+4].[Ru+4].[Ru+4]. The molecule has 0 aliphatic heterocycles. The third kappa shape index (κ3) is 24.6. The Morgan fingerprint density at radius 3 is 0.309 bits per heavy atom. The predicted octanol–water partition coefficient (Wildman–Crippen LogP) is -18.3. The van der Waals surface area contributed by atoms with Gasteiger partial charge in [0.2, 0.25) is 0 Å². The first-order valence-electron chi connectivity index (χ1n) is 12.6. The van der Waals surface area contributed by atoms with E-state index in [1.807, 2.05) is 0 Å².